The van der Waals surface area contributed by atoms with Crippen molar-refractivity contribution in [3.63, 3.8) is 0 Å². The second kappa shape index (κ2) is 2.20. The van der Waals surface area contributed by atoms with Gasteiger partial charge in [0, 0.05) is 11.5 Å². The van der Waals surface area contributed by atoms with Crippen LogP contribution in [-0.2, 0) is 4.79 Å². The lowest BCUT2D eigenvalue weighted by atomic mass is 9.88. The van der Waals surface area contributed by atoms with Gasteiger partial charge in [-0.1, -0.05) is 0 Å². The zero-order valence-corrected chi connectivity index (χ0v) is 6.21. The molecule has 0 aromatic rings. The third kappa shape index (κ3) is 0.883. The lowest BCUT2D eigenvalue weighted by molar-refractivity contribution is -0.118. The van der Waals surface area contributed by atoms with Gasteiger partial charge in [0.25, 0.3) is 0 Å². The van der Waals surface area contributed by atoms with Crippen molar-refractivity contribution in [2.45, 2.75) is 19.3 Å². The fraction of sp³-hybridized carbons (Fsp3) is 0.556. The molecule has 0 saturated heterocycles. The van der Waals surface area contributed by atoms with E-state index in [9.17, 15) is 4.79 Å². The molecule has 56 valence electrons. The highest BCUT2D eigenvalue weighted by atomic mass is 16.1. The van der Waals surface area contributed by atoms with E-state index in [-0.39, 0.29) is 11.7 Å². The molecule has 0 amide bonds. The van der Waals surface area contributed by atoms with Crippen molar-refractivity contribution in [2.24, 2.45) is 11.8 Å². The number of nitriles is 1. The smallest absolute Gasteiger partial charge is 0.159 e. The minimum Gasteiger partial charge on any atom is -0.295 e. The van der Waals surface area contributed by atoms with Crippen LogP contribution in [0.2, 0.25) is 0 Å². The summed E-state index contributed by atoms with van der Waals surface area (Å²) in [5.74, 6) is 0.829. The molecule has 2 atom stereocenters. The minimum atomic E-state index is 0.176. The highest BCUT2D eigenvalue weighted by molar-refractivity contribution is 5.94. The molecule has 0 aromatic heterocycles. The summed E-state index contributed by atoms with van der Waals surface area (Å²) in [6.07, 6.45) is 4.50. The van der Waals surface area contributed by atoms with Gasteiger partial charge in [-0.2, -0.15) is 5.26 Å². The monoisotopic (exact) mass is 147 g/mol. The molecule has 11 heavy (non-hydrogen) atoms. The Bertz CT molecular complexity index is 272. The van der Waals surface area contributed by atoms with Crippen LogP contribution in [-0.4, -0.2) is 5.78 Å². The van der Waals surface area contributed by atoms with Crippen LogP contribution in [0.4, 0.5) is 0 Å². The number of hydrogen-bond donors (Lipinski definition) is 0. The summed E-state index contributed by atoms with van der Waals surface area (Å²) < 4.78 is 0. The SMILES string of the molecule is N#CC1=CC(=O)C2CCC1C2. The molecule has 2 nitrogen and oxygen atoms in total. The maximum atomic E-state index is 11.2. The Hall–Kier alpha value is -1.10. The molecule has 1 saturated carbocycles. The quantitative estimate of drug-likeness (QED) is 0.520. The second-order valence-corrected chi connectivity index (χ2v) is 3.32. The highest BCUT2D eigenvalue weighted by Crippen LogP contribution is 2.39. The summed E-state index contributed by atoms with van der Waals surface area (Å²) in [6.45, 7) is 0. The van der Waals surface area contributed by atoms with Crippen LogP contribution in [0.1, 0.15) is 19.3 Å². The molecular formula is C9H9NO. The van der Waals surface area contributed by atoms with Crippen LogP contribution in [0, 0.1) is 23.2 Å². The lowest BCUT2D eigenvalue weighted by Gasteiger charge is -2.13. The van der Waals surface area contributed by atoms with E-state index < -0.39 is 0 Å². The van der Waals surface area contributed by atoms with E-state index in [0.717, 1.165) is 19.3 Å². The number of hydrogen-bond acceptors (Lipinski definition) is 2. The molecule has 0 radical (unpaired) electrons. The molecule has 2 unspecified atom stereocenters. The average Bonchev–Trinajstić information content (AvgIpc) is 2.43. The Morgan fingerprint density at radius 2 is 2.18 bits per heavy atom. The normalized spacial score (nSPS) is 34.8. The fourth-order valence-corrected chi connectivity index (χ4v) is 2.03. The molecule has 2 rings (SSSR count). The zero-order chi connectivity index (χ0) is 7.84. The first-order chi connectivity index (χ1) is 5.31. The molecule has 2 heteroatoms. The first kappa shape index (κ1) is 6.60. The number of nitrogens with zero attached hydrogens (tertiary/aromatic N) is 1. The topological polar surface area (TPSA) is 40.9 Å². The van der Waals surface area contributed by atoms with Crippen LogP contribution < -0.4 is 0 Å². The number of fused-ring (bicyclic) bond motifs is 2. The first-order valence-corrected chi connectivity index (χ1v) is 3.97. The molecule has 2 aliphatic rings. The summed E-state index contributed by atoms with van der Waals surface area (Å²) in [6, 6.07) is 2.10. The number of carbonyl (C=O) groups is 1. The van der Waals surface area contributed by atoms with E-state index in [2.05, 4.69) is 6.07 Å². The fourth-order valence-electron chi connectivity index (χ4n) is 2.03. The number of allylic oxidation sites excluding steroid dienone is 2. The van der Waals surface area contributed by atoms with Gasteiger partial charge < -0.3 is 0 Å². The highest BCUT2D eigenvalue weighted by Gasteiger charge is 2.35. The van der Waals surface area contributed by atoms with E-state index >= 15 is 0 Å². The van der Waals surface area contributed by atoms with Crippen LogP contribution in [0.15, 0.2) is 11.6 Å². The summed E-state index contributed by atoms with van der Waals surface area (Å²) in [5, 5.41) is 8.66. The Morgan fingerprint density at radius 3 is 2.91 bits per heavy atom. The van der Waals surface area contributed by atoms with Gasteiger partial charge in [0.2, 0.25) is 0 Å². The van der Waals surface area contributed by atoms with Crippen LogP contribution in [0.3, 0.4) is 0 Å². The second-order valence-electron chi connectivity index (χ2n) is 3.32. The molecule has 1 fully saturated rings. The van der Waals surface area contributed by atoms with E-state index in [1.54, 1.807) is 6.08 Å². The first-order valence-electron chi connectivity index (χ1n) is 3.97. The van der Waals surface area contributed by atoms with Gasteiger partial charge in [-0.25, -0.2) is 0 Å². The van der Waals surface area contributed by atoms with Crippen molar-refractivity contribution >= 4 is 5.78 Å². The number of carbonyl (C=O) groups excluding carboxylic acids is 1. The van der Waals surface area contributed by atoms with Gasteiger partial charge in [-0.05, 0) is 31.3 Å². The molecular weight excluding hydrogens is 138 g/mol. The van der Waals surface area contributed by atoms with E-state index in [1.807, 2.05) is 0 Å². The van der Waals surface area contributed by atoms with Gasteiger partial charge in [0.15, 0.2) is 5.78 Å². The van der Waals surface area contributed by atoms with Crippen LogP contribution >= 0.6 is 0 Å². The maximum absolute atomic E-state index is 11.2. The molecule has 0 N–H and O–H groups in total. The summed E-state index contributed by atoms with van der Waals surface area (Å²) in [4.78, 5) is 11.2. The van der Waals surface area contributed by atoms with Gasteiger partial charge in [-0.15, -0.1) is 0 Å². The van der Waals surface area contributed by atoms with Gasteiger partial charge in [0.05, 0.1) is 6.07 Å². The molecule has 2 aliphatic carbocycles. The van der Waals surface area contributed by atoms with Crippen molar-refractivity contribution in [2.75, 3.05) is 0 Å². The van der Waals surface area contributed by atoms with Crippen LogP contribution in [0.5, 0.6) is 0 Å². The Balaban J connectivity index is 2.36. The van der Waals surface area contributed by atoms with E-state index in [0.29, 0.717) is 11.5 Å². The summed E-state index contributed by atoms with van der Waals surface area (Å²) in [7, 11) is 0. The number of rotatable bonds is 0. The third-order valence-corrected chi connectivity index (χ3v) is 2.70. The summed E-state index contributed by atoms with van der Waals surface area (Å²) in [5.41, 5.74) is 0.712. The summed E-state index contributed by atoms with van der Waals surface area (Å²) >= 11 is 0. The average molecular weight is 147 g/mol. The van der Waals surface area contributed by atoms with Crippen molar-refractivity contribution in [3.05, 3.63) is 11.6 Å². The Morgan fingerprint density at radius 1 is 1.45 bits per heavy atom. The standard InChI is InChI=1S/C9H9NO/c10-5-8-4-9(11)7-2-1-6(8)3-7/h4,6-7H,1-3H2. The molecule has 0 spiro atoms. The van der Waals surface area contributed by atoms with E-state index in [1.165, 1.54) is 0 Å². The molecule has 0 heterocycles. The minimum absolute atomic E-state index is 0.176. The van der Waals surface area contributed by atoms with Gasteiger partial charge in [-0.3, -0.25) is 4.79 Å². The third-order valence-electron chi connectivity index (χ3n) is 2.70. The molecule has 2 bridgehead atoms. The Kier molecular flexibility index (Phi) is 1.32. The Labute approximate surface area is 65.5 Å². The van der Waals surface area contributed by atoms with Crippen LogP contribution in [0.25, 0.3) is 0 Å². The predicted octanol–water partition coefficient (Wildman–Crippen LogP) is 1.44. The number of ketones is 1. The molecule has 0 aliphatic heterocycles. The largest absolute Gasteiger partial charge is 0.295 e. The van der Waals surface area contributed by atoms with Gasteiger partial charge in [0.1, 0.15) is 0 Å². The van der Waals surface area contributed by atoms with Crippen molar-refractivity contribution in [1.82, 2.24) is 0 Å². The van der Waals surface area contributed by atoms with E-state index in [4.69, 9.17) is 5.26 Å². The van der Waals surface area contributed by atoms with Gasteiger partial charge >= 0.3 is 0 Å². The van der Waals surface area contributed by atoms with Crippen molar-refractivity contribution in [1.29, 1.82) is 5.26 Å². The molecule has 0 aromatic carbocycles. The van der Waals surface area contributed by atoms with Crippen molar-refractivity contribution < 1.29 is 4.79 Å². The predicted molar refractivity (Wildman–Crippen MR) is 39.5 cm³/mol. The van der Waals surface area contributed by atoms with Crippen molar-refractivity contribution in [3.8, 4) is 6.07 Å². The maximum Gasteiger partial charge on any atom is 0.159 e. The lowest BCUT2D eigenvalue weighted by Crippen LogP contribution is -2.14. The zero-order valence-electron chi connectivity index (χ0n) is 6.21.